The van der Waals surface area contributed by atoms with Crippen molar-refractivity contribution in [3.05, 3.63) is 87.7 Å². The number of amides is 2. The van der Waals surface area contributed by atoms with Crippen LogP contribution in [0.3, 0.4) is 0 Å². The molecule has 0 unspecified atom stereocenters. The van der Waals surface area contributed by atoms with Crippen molar-refractivity contribution in [3.8, 4) is 11.5 Å². The molecule has 0 radical (unpaired) electrons. The number of benzene rings is 3. The van der Waals surface area contributed by atoms with Gasteiger partial charge in [0.25, 0.3) is 0 Å². The molecule has 0 aromatic heterocycles. The van der Waals surface area contributed by atoms with Crippen LogP contribution in [0.2, 0.25) is 10.0 Å². The van der Waals surface area contributed by atoms with E-state index in [1.54, 1.807) is 49.4 Å². The van der Waals surface area contributed by atoms with Crippen LogP contribution in [0.1, 0.15) is 18.1 Å². The lowest BCUT2D eigenvalue weighted by molar-refractivity contribution is -0.136. The van der Waals surface area contributed by atoms with Crippen LogP contribution in [0, 0.1) is 5.82 Å². The van der Waals surface area contributed by atoms with Gasteiger partial charge in [0, 0.05) is 10.6 Å². The highest BCUT2D eigenvalue weighted by Crippen LogP contribution is 2.27. The topological polar surface area (TPSA) is 89.0 Å². The highest BCUT2D eigenvalue weighted by molar-refractivity contribution is 6.40. The van der Waals surface area contributed by atoms with Crippen LogP contribution < -0.4 is 20.2 Å². The number of rotatable bonds is 7. The summed E-state index contributed by atoms with van der Waals surface area (Å²) in [7, 11) is 1.43. The molecule has 0 saturated heterocycles. The molecule has 3 aromatic rings. The van der Waals surface area contributed by atoms with Crippen molar-refractivity contribution in [3.63, 3.8) is 0 Å². The molecule has 0 aliphatic carbocycles. The number of hydrazone groups is 1. The third-order valence-corrected chi connectivity index (χ3v) is 5.25. The van der Waals surface area contributed by atoms with Crippen LogP contribution in [-0.4, -0.2) is 24.6 Å². The molecule has 0 aliphatic rings. The van der Waals surface area contributed by atoms with E-state index in [2.05, 4.69) is 15.8 Å². The van der Waals surface area contributed by atoms with Crippen LogP contribution in [0.5, 0.6) is 11.5 Å². The first-order chi connectivity index (χ1) is 16.3. The number of anilines is 1. The summed E-state index contributed by atoms with van der Waals surface area (Å²) in [4.78, 5) is 24.3. The minimum Gasteiger partial charge on any atom is -0.495 e. The second-order valence-corrected chi connectivity index (χ2v) is 7.79. The Balaban J connectivity index is 1.58. The minimum atomic E-state index is -0.969. The van der Waals surface area contributed by atoms with E-state index in [9.17, 15) is 14.0 Å². The number of ether oxygens (including phenoxy) is 2. The maximum Gasteiger partial charge on any atom is 0.329 e. The first-order valence-corrected chi connectivity index (χ1v) is 10.7. The van der Waals surface area contributed by atoms with Gasteiger partial charge in [0.05, 0.1) is 23.5 Å². The number of methoxy groups -OCH3 is 1. The molecule has 3 rings (SSSR count). The first kappa shape index (κ1) is 25.0. The van der Waals surface area contributed by atoms with Crippen molar-refractivity contribution in [1.82, 2.24) is 5.43 Å². The van der Waals surface area contributed by atoms with E-state index in [-0.39, 0.29) is 22.9 Å². The van der Waals surface area contributed by atoms with Gasteiger partial charge in [-0.2, -0.15) is 5.10 Å². The Hall–Kier alpha value is -3.62. The van der Waals surface area contributed by atoms with Gasteiger partial charge >= 0.3 is 11.8 Å². The number of hydrogen-bond donors (Lipinski definition) is 2. The number of carbonyl (C=O) groups excluding carboxylic acids is 2. The third kappa shape index (κ3) is 6.46. The standard InChI is InChI=1S/C24H20Cl2FN3O4/c1-14(29-30-24(32)23(31)28-21-12-16(25)8-11-22(21)33-2)15-6-9-17(10-7-15)34-13-18-19(26)4-3-5-20(18)27/h3-12H,13H2,1-2H3,(H,28,31)(H,30,32)/b29-14+. The second-order valence-electron chi connectivity index (χ2n) is 6.95. The lowest BCUT2D eigenvalue weighted by Gasteiger charge is -2.10. The van der Waals surface area contributed by atoms with Gasteiger partial charge in [0.2, 0.25) is 0 Å². The highest BCUT2D eigenvalue weighted by Gasteiger charge is 2.16. The zero-order valence-corrected chi connectivity index (χ0v) is 19.7. The molecule has 3 aromatic carbocycles. The lowest BCUT2D eigenvalue weighted by atomic mass is 10.1. The maximum absolute atomic E-state index is 13.9. The van der Waals surface area contributed by atoms with Crippen LogP contribution in [0.15, 0.2) is 65.8 Å². The molecule has 34 heavy (non-hydrogen) atoms. The van der Waals surface area contributed by atoms with E-state index in [0.717, 1.165) is 0 Å². The van der Waals surface area contributed by atoms with Crippen molar-refractivity contribution in [1.29, 1.82) is 0 Å². The Labute approximate surface area is 205 Å². The number of carbonyl (C=O) groups is 2. The molecule has 0 aliphatic heterocycles. The maximum atomic E-state index is 13.9. The largest absolute Gasteiger partial charge is 0.495 e. The minimum absolute atomic E-state index is 0.0273. The molecule has 0 spiro atoms. The van der Waals surface area contributed by atoms with E-state index < -0.39 is 17.6 Å². The Kier molecular flexibility index (Phi) is 8.45. The van der Waals surface area contributed by atoms with Gasteiger partial charge < -0.3 is 14.8 Å². The number of halogens is 3. The van der Waals surface area contributed by atoms with Gasteiger partial charge in [-0.1, -0.05) is 29.3 Å². The van der Waals surface area contributed by atoms with Crippen LogP contribution in [0.4, 0.5) is 10.1 Å². The number of nitrogens with zero attached hydrogens (tertiary/aromatic N) is 1. The summed E-state index contributed by atoms with van der Waals surface area (Å²) in [5.74, 6) is -1.50. The zero-order chi connectivity index (χ0) is 24.7. The Morgan fingerprint density at radius 2 is 1.76 bits per heavy atom. The summed E-state index contributed by atoms with van der Waals surface area (Å²) in [5, 5.41) is 7.04. The fourth-order valence-electron chi connectivity index (χ4n) is 2.83. The predicted molar refractivity (Wildman–Crippen MR) is 129 cm³/mol. The summed E-state index contributed by atoms with van der Waals surface area (Å²) in [5.41, 5.74) is 3.85. The highest BCUT2D eigenvalue weighted by atomic mass is 35.5. The lowest BCUT2D eigenvalue weighted by Crippen LogP contribution is -2.33. The van der Waals surface area contributed by atoms with Crippen molar-refractivity contribution in [2.75, 3.05) is 12.4 Å². The van der Waals surface area contributed by atoms with E-state index in [0.29, 0.717) is 27.8 Å². The smallest absolute Gasteiger partial charge is 0.329 e. The van der Waals surface area contributed by atoms with E-state index in [1.807, 2.05) is 0 Å². The van der Waals surface area contributed by atoms with Crippen molar-refractivity contribution >= 4 is 46.4 Å². The molecule has 10 heteroatoms. The molecule has 2 N–H and O–H groups in total. The molecule has 2 amide bonds. The first-order valence-electron chi connectivity index (χ1n) is 9.93. The van der Waals surface area contributed by atoms with Crippen LogP contribution in [0.25, 0.3) is 0 Å². The quantitative estimate of drug-likeness (QED) is 0.263. The van der Waals surface area contributed by atoms with Crippen LogP contribution >= 0.6 is 23.2 Å². The van der Waals surface area contributed by atoms with E-state index in [1.165, 1.54) is 25.3 Å². The molecule has 0 bridgehead atoms. The average Bonchev–Trinajstić information content (AvgIpc) is 2.82. The molecule has 0 heterocycles. The molecular formula is C24H20Cl2FN3O4. The van der Waals surface area contributed by atoms with Gasteiger partial charge in [-0.25, -0.2) is 9.82 Å². The van der Waals surface area contributed by atoms with Gasteiger partial charge in [-0.05, 0) is 67.1 Å². The molecule has 7 nitrogen and oxygen atoms in total. The monoisotopic (exact) mass is 503 g/mol. The second kappa shape index (κ2) is 11.5. The Bertz CT molecular complexity index is 1210. The molecule has 176 valence electrons. The summed E-state index contributed by atoms with van der Waals surface area (Å²) in [6, 6.07) is 15.8. The molecule has 0 atom stereocenters. The number of hydrogen-bond acceptors (Lipinski definition) is 5. The molecule has 0 saturated carbocycles. The summed E-state index contributed by atoms with van der Waals surface area (Å²) in [6.45, 7) is 1.63. The Morgan fingerprint density at radius 3 is 2.44 bits per heavy atom. The van der Waals surface area contributed by atoms with Crippen molar-refractivity contribution in [2.45, 2.75) is 13.5 Å². The van der Waals surface area contributed by atoms with Gasteiger partial charge in [0.1, 0.15) is 23.9 Å². The average molecular weight is 504 g/mol. The van der Waals surface area contributed by atoms with Crippen LogP contribution in [-0.2, 0) is 16.2 Å². The molecular weight excluding hydrogens is 484 g/mol. The van der Waals surface area contributed by atoms with Gasteiger partial charge in [0.15, 0.2) is 0 Å². The summed E-state index contributed by atoms with van der Waals surface area (Å²) >= 11 is 11.9. The summed E-state index contributed by atoms with van der Waals surface area (Å²) < 4.78 is 24.6. The fourth-order valence-corrected chi connectivity index (χ4v) is 3.21. The van der Waals surface area contributed by atoms with Crippen molar-refractivity contribution in [2.24, 2.45) is 5.10 Å². The number of nitrogens with one attached hydrogen (secondary N) is 2. The third-order valence-electron chi connectivity index (χ3n) is 4.66. The van der Waals surface area contributed by atoms with Crippen molar-refractivity contribution < 1.29 is 23.5 Å². The van der Waals surface area contributed by atoms with Gasteiger partial charge in [-0.15, -0.1) is 0 Å². The normalized spacial score (nSPS) is 11.0. The predicted octanol–water partition coefficient (Wildman–Crippen LogP) is 5.20. The van der Waals surface area contributed by atoms with Gasteiger partial charge in [-0.3, -0.25) is 9.59 Å². The zero-order valence-electron chi connectivity index (χ0n) is 18.2. The Morgan fingerprint density at radius 1 is 1.03 bits per heavy atom. The molecule has 0 fully saturated rings. The summed E-state index contributed by atoms with van der Waals surface area (Å²) in [6.07, 6.45) is 0. The SMILES string of the molecule is COc1ccc(Cl)cc1NC(=O)C(=O)N/N=C(\C)c1ccc(OCc2c(F)cccc2Cl)cc1. The van der Waals surface area contributed by atoms with E-state index in [4.69, 9.17) is 32.7 Å². The fraction of sp³-hybridized carbons (Fsp3) is 0.125. The van der Waals surface area contributed by atoms with E-state index >= 15 is 0 Å².